The van der Waals surface area contributed by atoms with Crippen molar-refractivity contribution in [1.82, 2.24) is 19.5 Å². The first-order valence-electron chi connectivity index (χ1n) is 8.64. The van der Waals surface area contributed by atoms with E-state index in [2.05, 4.69) is 15.0 Å². The Morgan fingerprint density at radius 3 is 2.63 bits per heavy atom. The topological polar surface area (TPSA) is 140 Å². The highest BCUT2D eigenvalue weighted by molar-refractivity contribution is 5.81. The van der Waals surface area contributed by atoms with Gasteiger partial charge in [-0.2, -0.15) is 0 Å². The van der Waals surface area contributed by atoms with Crippen LogP contribution in [-0.2, 0) is 10.5 Å². The molecule has 0 radical (unpaired) electrons. The Balaban J connectivity index is 1.95. The van der Waals surface area contributed by atoms with E-state index in [4.69, 9.17) is 10.5 Å². The van der Waals surface area contributed by atoms with Crippen molar-refractivity contribution in [2.75, 3.05) is 12.3 Å². The second-order valence-electron chi connectivity index (χ2n) is 6.70. The molecule has 0 spiro atoms. The zero-order valence-corrected chi connectivity index (χ0v) is 14.7. The van der Waals surface area contributed by atoms with E-state index in [0.717, 1.165) is 5.56 Å². The third-order valence-electron chi connectivity index (χ3n) is 5.31. The monoisotopic (exact) mass is 371 g/mol. The van der Waals surface area contributed by atoms with Gasteiger partial charge in [0.05, 0.1) is 12.9 Å². The highest BCUT2D eigenvalue weighted by atomic mass is 16.6. The highest BCUT2D eigenvalue weighted by Crippen LogP contribution is 2.47. The molecule has 4 rings (SSSR count). The molecule has 0 saturated carbocycles. The minimum absolute atomic E-state index is 0.202. The van der Waals surface area contributed by atoms with Gasteiger partial charge < -0.3 is 25.8 Å². The van der Waals surface area contributed by atoms with E-state index < -0.39 is 36.6 Å². The molecule has 0 amide bonds. The molecule has 27 heavy (non-hydrogen) atoms. The number of nitrogens with zero attached hydrogens (tertiary/aromatic N) is 4. The van der Waals surface area contributed by atoms with Gasteiger partial charge in [-0.25, -0.2) is 15.0 Å². The van der Waals surface area contributed by atoms with Crippen LogP contribution in [0, 0.1) is 0 Å². The van der Waals surface area contributed by atoms with Gasteiger partial charge in [-0.3, -0.25) is 4.57 Å². The summed E-state index contributed by atoms with van der Waals surface area (Å²) in [7, 11) is 0. The average molecular weight is 371 g/mol. The Hall–Kier alpha value is -2.59. The predicted octanol–water partition coefficient (Wildman–Crippen LogP) is -0.0221. The van der Waals surface area contributed by atoms with Crippen molar-refractivity contribution in [3.8, 4) is 0 Å². The van der Waals surface area contributed by atoms with E-state index in [9.17, 15) is 15.3 Å². The van der Waals surface area contributed by atoms with Gasteiger partial charge in [-0.15, -0.1) is 0 Å². The number of ether oxygens (including phenoxy) is 1. The molecule has 1 aromatic carbocycles. The quantitative estimate of drug-likeness (QED) is 0.502. The first-order valence-corrected chi connectivity index (χ1v) is 8.64. The molecule has 0 unspecified atom stereocenters. The first-order chi connectivity index (χ1) is 13.0. The number of imidazole rings is 1. The van der Waals surface area contributed by atoms with Crippen molar-refractivity contribution in [1.29, 1.82) is 0 Å². The number of nitrogens with two attached hydrogens (primary N) is 1. The molecule has 3 heterocycles. The van der Waals surface area contributed by atoms with Crippen LogP contribution in [0.25, 0.3) is 11.2 Å². The number of hydrogen-bond acceptors (Lipinski definition) is 8. The summed E-state index contributed by atoms with van der Waals surface area (Å²) in [5.41, 5.74) is 6.08. The maximum atomic E-state index is 11.0. The maximum absolute atomic E-state index is 11.0. The lowest BCUT2D eigenvalue weighted by molar-refractivity contribution is -0.159. The molecule has 3 aromatic rings. The lowest BCUT2D eigenvalue weighted by Gasteiger charge is -2.39. The van der Waals surface area contributed by atoms with E-state index in [-0.39, 0.29) is 5.82 Å². The van der Waals surface area contributed by atoms with Crippen molar-refractivity contribution in [2.24, 2.45) is 0 Å². The minimum Gasteiger partial charge on any atom is -0.394 e. The summed E-state index contributed by atoms with van der Waals surface area (Å²) in [6.07, 6.45) is -0.804. The molecule has 0 bridgehead atoms. The van der Waals surface area contributed by atoms with Crippen molar-refractivity contribution in [3.63, 3.8) is 0 Å². The average Bonchev–Trinajstić information content (AvgIpc) is 3.24. The number of aliphatic hydroxyl groups excluding tert-OH is 3. The van der Waals surface area contributed by atoms with Crippen LogP contribution in [0.4, 0.5) is 5.82 Å². The lowest BCUT2D eigenvalue weighted by atomic mass is 9.85. The van der Waals surface area contributed by atoms with Crippen LogP contribution >= 0.6 is 0 Å². The second kappa shape index (κ2) is 6.54. The van der Waals surface area contributed by atoms with Gasteiger partial charge in [0, 0.05) is 5.92 Å². The molecule has 5 atom stereocenters. The molecule has 9 heteroatoms. The number of aliphatic hydroxyl groups is 3. The summed E-state index contributed by atoms with van der Waals surface area (Å²) in [4.78, 5) is 12.5. The molecule has 2 aromatic heterocycles. The van der Waals surface area contributed by atoms with Gasteiger partial charge in [0.15, 0.2) is 17.2 Å². The predicted molar refractivity (Wildman–Crippen MR) is 96.5 cm³/mol. The fourth-order valence-corrected chi connectivity index (χ4v) is 3.83. The Morgan fingerprint density at radius 1 is 1.22 bits per heavy atom. The largest absolute Gasteiger partial charge is 0.394 e. The molecule has 9 nitrogen and oxygen atoms in total. The van der Waals surface area contributed by atoms with Gasteiger partial charge >= 0.3 is 0 Å². The number of nitrogen functional groups attached to an aromatic ring is 1. The minimum atomic E-state index is -1.44. The number of aromatic nitrogens is 4. The van der Waals surface area contributed by atoms with E-state index in [1.165, 1.54) is 12.7 Å². The fourth-order valence-electron chi connectivity index (χ4n) is 3.83. The van der Waals surface area contributed by atoms with Crippen LogP contribution in [0.15, 0.2) is 43.0 Å². The SMILES string of the molecule is C[C@H](c1ccccc1)[C@@]1(n2cnc3c(N)ncnc32)O[C@H](CO)[C@@H](O)[C@H]1O. The number of hydrogen-bond donors (Lipinski definition) is 4. The fraction of sp³-hybridized carbons (Fsp3) is 0.389. The van der Waals surface area contributed by atoms with Crippen LogP contribution in [-0.4, -0.2) is 59.8 Å². The van der Waals surface area contributed by atoms with Crippen LogP contribution in [0.1, 0.15) is 18.4 Å². The summed E-state index contributed by atoms with van der Waals surface area (Å²) in [5.74, 6) is -0.207. The molecular weight excluding hydrogens is 350 g/mol. The first kappa shape index (κ1) is 17.8. The molecule has 1 aliphatic rings. The van der Waals surface area contributed by atoms with Crippen LogP contribution in [0.2, 0.25) is 0 Å². The van der Waals surface area contributed by atoms with Crippen LogP contribution in [0.5, 0.6) is 0 Å². The molecular formula is C18H21N5O4. The van der Waals surface area contributed by atoms with Crippen molar-refractivity contribution in [2.45, 2.75) is 36.9 Å². The van der Waals surface area contributed by atoms with Gasteiger partial charge in [0.2, 0.25) is 0 Å². The van der Waals surface area contributed by atoms with Gasteiger partial charge in [0.1, 0.15) is 30.2 Å². The summed E-state index contributed by atoms with van der Waals surface area (Å²) in [6, 6.07) is 9.47. The third-order valence-corrected chi connectivity index (χ3v) is 5.31. The van der Waals surface area contributed by atoms with Crippen molar-refractivity contribution >= 4 is 17.0 Å². The van der Waals surface area contributed by atoms with Crippen molar-refractivity contribution in [3.05, 3.63) is 48.5 Å². The number of benzene rings is 1. The summed E-state index contributed by atoms with van der Waals surface area (Å²) < 4.78 is 7.67. The lowest BCUT2D eigenvalue weighted by Crippen LogP contribution is -2.49. The number of anilines is 1. The Morgan fingerprint density at radius 2 is 1.96 bits per heavy atom. The zero-order chi connectivity index (χ0) is 19.2. The Labute approximate surface area is 155 Å². The van der Waals surface area contributed by atoms with Crippen LogP contribution < -0.4 is 5.73 Å². The number of rotatable bonds is 4. The van der Waals surface area contributed by atoms with E-state index in [1.807, 2.05) is 37.3 Å². The van der Waals surface area contributed by atoms with Gasteiger partial charge in [-0.05, 0) is 5.56 Å². The Kier molecular flexibility index (Phi) is 4.31. The van der Waals surface area contributed by atoms with Crippen molar-refractivity contribution < 1.29 is 20.1 Å². The number of fused-ring (bicyclic) bond motifs is 1. The van der Waals surface area contributed by atoms with E-state index in [0.29, 0.717) is 11.2 Å². The summed E-state index contributed by atoms with van der Waals surface area (Å²) in [5, 5.41) is 31.1. The summed E-state index contributed by atoms with van der Waals surface area (Å²) in [6.45, 7) is 1.44. The smallest absolute Gasteiger partial charge is 0.183 e. The zero-order valence-electron chi connectivity index (χ0n) is 14.7. The van der Waals surface area contributed by atoms with E-state index >= 15 is 0 Å². The third kappa shape index (κ3) is 2.51. The standard InChI is InChI=1S/C18H21N5O4/c1-10(11-5-3-2-4-6-11)18(15(26)14(25)12(7-24)27-18)23-9-22-13-16(19)20-8-21-17(13)23/h2-6,8-10,12,14-15,24-26H,7H2,1H3,(H2,19,20,21)/t10-,12-,14-,15-,18-/m1/s1. The highest BCUT2D eigenvalue weighted by Gasteiger charge is 2.59. The maximum Gasteiger partial charge on any atom is 0.183 e. The molecule has 0 aliphatic carbocycles. The second-order valence-corrected chi connectivity index (χ2v) is 6.70. The molecule has 1 saturated heterocycles. The normalized spacial score (nSPS) is 29.3. The molecule has 142 valence electrons. The van der Waals surface area contributed by atoms with Gasteiger partial charge in [-0.1, -0.05) is 37.3 Å². The molecule has 1 aliphatic heterocycles. The summed E-state index contributed by atoms with van der Waals surface area (Å²) >= 11 is 0. The molecule has 5 N–H and O–H groups in total. The Bertz CT molecular complexity index is 949. The molecule has 1 fully saturated rings. The van der Waals surface area contributed by atoms with Crippen LogP contribution in [0.3, 0.4) is 0 Å². The van der Waals surface area contributed by atoms with E-state index in [1.54, 1.807) is 4.57 Å². The van der Waals surface area contributed by atoms with Gasteiger partial charge in [0.25, 0.3) is 0 Å².